The molecule has 0 aliphatic carbocycles. The van der Waals surface area contributed by atoms with Crippen molar-refractivity contribution >= 4 is 23.3 Å². The van der Waals surface area contributed by atoms with Crippen molar-refractivity contribution < 1.29 is 22.7 Å². The van der Waals surface area contributed by atoms with Gasteiger partial charge < -0.3 is 19.9 Å². The highest BCUT2D eigenvalue weighted by molar-refractivity contribution is 6.33. The maximum absolute atomic E-state index is 12.8. The van der Waals surface area contributed by atoms with Gasteiger partial charge in [0.1, 0.15) is 11.6 Å². The lowest BCUT2D eigenvalue weighted by Gasteiger charge is -2.33. The Labute approximate surface area is 196 Å². The number of hydrogen-bond donors (Lipinski definition) is 1. The average molecular weight is 485 g/mol. The maximum Gasteiger partial charge on any atom is 0.417 e. The van der Waals surface area contributed by atoms with Gasteiger partial charge in [-0.25, -0.2) is 4.98 Å². The summed E-state index contributed by atoms with van der Waals surface area (Å²) >= 11 is 6.07. The number of rotatable bonds is 7. The van der Waals surface area contributed by atoms with Crippen LogP contribution >= 0.6 is 11.6 Å². The summed E-state index contributed by atoms with van der Waals surface area (Å²) in [5.74, 6) is 0.852. The molecule has 1 aromatic heterocycles. The number of halogens is 4. The van der Waals surface area contributed by atoms with Crippen LogP contribution in [0.5, 0.6) is 5.75 Å². The number of aromatic nitrogens is 1. The van der Waals surface area contributed by atoms with E-state index in [2.05, 4.69) is 10.3 Å². The molecular formula is C23H28ClF3N4O2. The van der Waals surface area contributed by atoms with Crippen LogP contribution in [-0.2, 0) is 11.0 Å². The lowest BCUT2D eigenvalue weighted by atomic mass is 9.95. The topological polar surface area (TPSA) is 57.7 Å². The van der Waals surface area contributed by atoms with E-state index in [1.54, 1.807) is 7.11 Å². The van der Waals surface area contributed by atoms with Crippen LogP contribution in [0.4, 0.5) is 19.0 Å². The molecule has 1 fully saturated rings. The van der Waals surface area contributed by atoms with E-state index in [4.69, 9.17) is 16.3 Å². The molecule has 1 aliphatic rings. The van der Waals surface area contributed by atoms with Crippen molar-refractivity contribution in [1.29, 1.82) is 0 Å². The number of alkyl halides is 3. The number of ether oxygens (including phenoxy) is 1. The fourth-order valence-electron chi connectivity index (χ4n) is 4.03. The molecular weight excluding hydrogens is 457 g/mol. The fraction of sp³-hybridized carbons (Fsp3) is 0.478. The summed E-state index contributed by atoms with van der Waals surface area (Å²) in [6.07, 6.45) is -2.58. The molecule has 0 saturated carbocycles. The minimum absolute atomic E-state index is 0.0390. The number of piperidine rings is 1. The van der Waals surface area contributed by atoms with Gasteiger partial charge in [0.2, 0.25) is 5.91 Å². The zero-order valence-corrected chi connectivity index (χ0v) is 19.6. The number of benzene rings is 1. The highest BCUT2D eigenvalue weighted by Gasteiger charge is 2.33. The third-order valence-corrected chi connectivity index (χ3v) is 6.18. The number of nitrogens with one attached hydrogen (secondary N) is 1. The highest BCUT2D eigenvalue weighted by atomic mass is 35.5. The summed E-state index contributed by atoms with van der Waals surface area (Å²) in [6.45, 7) is 1.40. The Morgan fingerprint density at radius 2 is 1.97 bits per heavy atom. The van der Waals surface area contributed by atoms with E-state index >= 15 is 0 Å². The Bertz CT molecular complexity index is 963. The second kappa shape index (κ2) is 10.6. The van der Waals surface area contributed by atoms with E-state index < -0.39 is 11.7 Å². The molecule has 1 N–H and O–H groups in total. The molecule has 0 radical (unpaired) electrons. The Morgan fingerprint density at radius 1 is 1.30 bits per heavy atom. The molecule has 6 nitrogen and oxygen atoms in total. The minimum atomic E-state index is -4.49. The molecule has 33 heavy (non-hydrogen) atoms. The molecule has 1 amide bonds. The quantitative estimate of drug-likeness (QED) is 0.631. The lowest BCUT2D eigenvalue weighted by Crippen LogP contribution is -2.43. The first-order valence-corrected chi connectivity index (χ1v) is 11.0. The zero-order valence-electron chi connectivity index (χ0n) is 18.8. The summed E-state index contributed by atoms with van der Waals surface area (Å²) in [5, 5.41) is 3.01. The van der Waals surface area contributed by atoms with Crippen molar-refractivity contribution in [2.24, 2.45) is 5.92 Å². The molecule has 3 rings (SSSR count). The molecule has 2 aromatic rings. The third-order valence-electron chi connectivity index (χ3n) is 5.91. The van der Waals surface area contributed by atoms with Gasteiger partial charge in [-0.1, -0.05) is 29.8 Å². The van der Waals surface area contributed by atoms with Crippen LogP contribution in [-0.4, -0.2) is 56.6 Å². The standard InChI is InChI=1S/C23H28ClF3N4O2/c1-30(2)19(17-6-4-5-7-20(17)33-3)14-29-22(32)15-8-10-31(11-9-15)21-18(24)12-16(13-28-21)23(25,26)27/h4-7,12-13,15,19H,8-11,14H2,1-3H3,(H,29,32)/t19-/m0/s1. The minimum Gasteiger partial charge on any atom is -0.496 e. The van der Waals surface area contributed by atoms with Crippen molar-refractivity contribution in [2.45, 2.75) is 25.1 Å². The van der Waals surface area contributed by atoms with E-state index in [0.717, 1.165) is 23.6 Å². The average Bonchev–Trinajstić information content (AvgIpc) is 2.78. The van der Waals surface area contributed by atoms with Crippen LogP contribution in [0.1, 0.15) is 30.0 Å². The molecule has 10 heteroatoms. The molecule has 0 bridgehead atoms. The summed E-state index contributed by atoms with van der Waals surface area (Å²) in [5.41, 5.74) is 0.110. The van der Waals surface area contributed by atoms with Crippen LogP contribution in [0.15, 0.2) is 36.5 Å². The predicted molar refractivity (Wildman–Crippen MR) is 122 cm³/mol. The number of para-hydroxylation sites is 1. The van der Waals surface area contributed by atoms with Crippen molar-refractivity contribution in [3.8, 4) is 5.75 Å². The first kappa shape index (κ1) is 25.1. The number of hydrogen-bond acceptors (Lipinski definition) is 5. The number of carbonyl (C=O) groups excluding carboxylic acids is 1. The van der Waals surface area contributed by atoms with Crippen molar-refractivity contribution in [2.75, 3.05) is 45.7 Å². The van der Waals surface area contributed by atoms with Crippen LogP contribution in [0, 0.1) is 5.92 Å². The van der Waals surface area contributed by atoms with Crippen LogP contribution in [0.25, 0.3) is 0 Å². The van der Waals surface area contributed by atoms with Gasteiger partial charge in [0, 0.05) is 37.3 Å². The summed E-state index contributed by atoms with van der Waals surface area (Å²) in [7, 11) is 5.51. The van der Waals surface area contributed by atoms with Crippen LogP contribution < -0.4 is 15.0 Å². The predicted octanol–water partition coefficient (Wildman–Crippen LogP) is 4.40. The highest BCUT2D eigenvalue weighted by Crippen LogP contribution is 2.35. The number of anilines is 1. The van der Waals surface area contributed by atoms with Gasteiger partial charge in [0.05, 0.1) is 23.7 Å². The van der Waals surface area contributed by atoms with Crippen LogP contribution in [0.2, 0.25) is 5.02 Å². The van der Waals surface area contributed by atoms with E-state index in [1.807, 2.05) is 48.2 Å². The van der Waals surface area contributed by atoms with Gasteiger partial charge in [-0.05, 0) is 39.1 Å². The van der Waals surface area contributed by atoms with Crippen molar-refractivity contribution in [3.63, 3.8) is 0 Å². The van der Waals surface area contributed by atoms with E-state index in [9.17, 15) is 18.0 Å². The smallest absolute Gasteiger partial charge is 0.417 e. The molecule has 1 aromatic carbocycles. The van der Waals surface area contributed by atoms with Gasteiger partial charge in [-0.3, -0.25) is 4.79 Å². The number of nitrogens with zero attached hydrogens (tertiary/aromatic N) is 3. The second-order valence-electron chi connectivity index (χ2n) is 8.26. The largest absolute Gasteiger partial charge is 0.496 e. The number of pyridine rings is 1. The number of carbonyl (C=O) groups is 1. The van der Waals surface area contributed by atoms with E-state index in [1.165, 1.54) is 0 Å². The zero-order chi connectivity index (χ0) is 24.2. The fourth-order valence-corrected chi connectivity index (χ4v) is 4.31. The Balaban J connectivity index is 1.58. The summed E-state index contributed by atoms with van der Waals surface area (Å²) in [6, 6.07) is 8.55. The number of amides is 1. The lowest BCUT2D eigenvalue weighted by molar-refractivity contribution is -0.137. The summed E-state index contributed by atoms with van der Waals surface area (Å²) < 4.78 is 44.0. The van der Waals surface area contributed by atoms with Gasteiger partial charge >= 0.3 is 6.18 Å². The third kappa shape index (κ3) is 6.09. The first-order valence-electron chi connectivity index (χ1n) is 10.7. The van der Waals surface area contributed by atoms with Crippen molar-refractivity contribution in [3.05, 3.63) is 52.7 Å². The Kier molecular flexibility index (Phi) is 8.07. The Hall–Kier alpha value is -2.52. The number of methoxy groups -OCH3 is 1. The van der Waals surface area contributed by atoms with Gasteiger partial charge in [-0.15, -0.1) is 0 Å². The molecule has 0 spiro atoms. The molecule has 1 saturated heterocycles. The number of likely N-dealkylation sites (N-methyl/N-ethyl adjacent to an activating group) is 1. The molecule has 2 heterocycles. The van der Waals surface area contributed by atoms with Gasteiger partial charge in [0.15, 0.2) is 0 Å². The van der Waals surface area contributed by atoms with E-state index in [-0.39, 0.29) is 22.9 Å². The second-order valence-corrected chi connectivity index (χ2v) is 8.66. The summed E-state index contributed by atoms with van der Waals surface area (Å²) in [4.78, 5) is 20.6. The van der Waals surface area contributed by atoms with E-state index in [0.29, 0.717) is 38.3 Å². The first-order chi connectivity index (χ1) is 15.6. The van der Waals surface area contributed by atoms with Crippen molar-refractivity contribution in [1.82, 2.24) is 15.2 Å². The molecule has 1 aliphatic heterocycles. The molecule has 180 valence electrons. The SMILES string of the molecule is COc1ccccc1[C@H](CNC(=O)C1CCN(c2ncc(C(F)(F)F)cc2Cl)CC1)N(C)C. The van der Waals surface area contributed by atoms with Gasteiger partial charge in [0.25, 0.3) is 0 Å². The van der Waals surface area contributed by atoms with Crippen LogP contribution in [0.3, 0.4) is 0 Å². The molecule has 0 unspecified atom stereocenters. The molecule has 1 atom stereocenters. The van der Waals surface area contributed by atoms with Gasteiger partial charge in [-0.2, -0.15) is 13.2 Å². The maximum atomic E-state index is 12.8. The monoisotopic (exact) mass is 484 g/mol. The normalized spacial score (nSPS) is 16.1. The Morgan fingerprint density at radius 3 is 2.55 bits per heavy atom.